The number of carbonyl (C=O) groups is 3. The highest BCUT2D eigenvalue weighted by Gasteiger charge is 2.36. The Hall–Kier alpha value is -3.63. The normalized spacial score (nSPS) is 20.4. The van der Waals surface area contributed by atoms with E-state index in [-0.39, 0.29) is 31.2 Å². The minimum atomic E-state index is -1.06. The van der Waals surface area contributed by atoms with Crippen LogP contribution in [-0.2, 0) is 14.4 Å². The van der Waals surface area contributed by atoms with E-state index >= 15 is 0 Å². The maximum atomic E-state index is 13.1. The first kappa shape index (κ1) is 25.5. The van der Waals surface area contributed by atoms with E-state index in [9.17, 15) is 24.6 Å². The number of benzene rings is 2. The molecule has 11 heteroatoms. The van der Waals surface area contributed by atoms with Gasteiger partial charge < -0.3 is 31.1 Å². The van der Waals surface area contributed by atoms with Crippen molar-refractivity contribution in [2.45, 2.75) is 31.9 Å². The van der Waals surface area contributed by atoms with Crippen molar-refractivity contribution in [1.29, 1.82) is 0 Å². The van der Waals surface area contributed by atoms with E-state index in [1.54, 1.807) is 41.3 Å². The number of carbonyl (C=O) groups excluding carboxylic acids is 2. The number of aliphatic carboxylic acids is 1. The van der Waals surface area contributed by atoms with E-state index in [1.165, 1.54) is 0 Å². The molecule has 0 saturated carbocycles. The summed E-state index contributed by atoms with van der Waals surface area (Å²) in [7, 11) is 0. The summed E-state index contributed by atoms with van der Waals surface area (Å²) in [6, 6.07) is 11.6. The Morgan fingerprint density at radius 2 is 2.08 bits per heavy atom. The number of aryl methyl sites for hydroxylation is 1. The number of aliphatic hydroxyl groups is 1. The van der Waals surface area contributed by atoms with Gasteiger partial charge in [-0.05, 0) is 48.4 Å². The lowest BCUT2D eigenvalue weighted by Crippen LogP contribution is -2.42. The van der Waals surface area contributed by atoms with Crippen LogP contribution in [0.25, 0.3) is 0 Å². The fourth-order valence-corrected chi connectivity index (χ4v) is 4.62. The molecule has 2 aliphatic rings. The summed E-state index contributed by atoms with van der Waals surface area (Å²) in [5.41, 5.74) is 2.78. The highest BCUT2D eigenvalue weighted by atomic mass is 35.5. The van der Waals surface area contributed by atoms with Crippen LogP contribution in [0.4, 0.5) is 11.4 Å². The Balaban J connectivity index is 1.44. The number of aliphatic imine (C=N–C) groups is 1. The van der Waals surface area contributed by atoms with Crippen molar-refractivity contribution in [3.63, 3.8) is 0 Å². The Labute approximate surface area is 213 Å². The summed E-state index contributed by atoms with van der Waals surface area (Å²) in [5.74, 6) is -1.74. The van der Waals surface area contributed by atoms with Crippen molar-refractivity contribution in [1.82, 2.24) is 10.6 Å². The number of hydrogen-bond donors (Lipinski definition) is 5. The zero-order valence-electron chi connectivity index (χ0n) is 19.7. The zero-order valence-corrected chi connectivity index (χ0v) is 20.5. The molecule has 0 bridgehead atoms. The number of carboxylic acid groups (broad SMARTS) is 1. The maximum Gasteiger partial charge on any atom is 0.305 e. The largest absolute Gasteiger partial charge is 0.481 e. The quantitative estimate of drug-likeness (QED) is 0.381. The van der Waals surface area contributed by atoms with Crippen molar-refractivity contribution in [3.05, 3.63) is 58.6 Å². The van der Waals surface area contributed by atoms with E-state index < -0.39 is 24.0 Å². The molecule has 2 aliphatic heterocycles. The first-order valence-electron chi connectivity index (χ1n) is 11.6. The summed E-state index contributed by atoms with van der Waals surface area (Å²) < 4.78 is 0. The van der Waals surface area contributed by atoms with Crippen LogP contribution in [0.15, 0.2) is 47.5 Å². The Morgan fingerprint density at radius 1 is 1.28 bits per heavy atom. The van der Waals surface area contributed by atoms with Gasteiger partial charge in [-0.25, -0.2) is 0 Å². The van der Waals surface area contributed by atoms with Gasteiger partial charge in [0.25, 0.3) is 0 Å². The predicted molar refractivity (Wildman–Crippen MR) is 136 cm³/mol. The first-order chi connectivity index (χ1) is 17.2. The number of hydrogen-bond acceptors (Lipinski definition) is 7. The molecule has 2 aromatic carbocycles. The zero-order chi connectivity index (χ0) is 25.8. The molecule has 0 radical (unpaired) electrons. The lowest BCUT2D eigenvalue weighted by Gasteiger charge is -2.22. The molecule has 0 aromatic heterocycles. The molecule has 5 N–H and O–H groups in total. The highest BCUT2D eigenvalue weighted by molar-refractivity contribution is 6.30. The third-order valence-electron chi connectivity index (χ3n) is 6.04. The molecule has 10 nitrogen and oxygen atoms in total. The van der Waals surface area contributed by atoms with E-state index in [4.69, 9.17) is 11.6 Å². The summed E-state index contributed by atoms with van der Waals surface area (Å²) in [4.78, 5) is 43.1. The van der Waals surface area contributed by atoms with Gasteiger partial charge in [0, 0.05) is 35.9 Å². The molecule has 36 heavy (non-hydrogen) atoms. The second-order valence-corrected chi connectivity index (χ2v) is 9.46. The lowest BCUT2D eigenvalue weighted by molar-refractivity contribution is -0.138. The van der Waals surface area contributed by atoms with Crippen molar-refractivity contribution >= 4 is 46.7 Å². The fraction of sp³-hybridized carbons (Fsp3) is 0.360. The summed E-state index contributed by atoms with van der Waals surface area (Å²) >= 11 is 6.14. The fourth-order valence-electron chi connectivity index (χ4n) is 4.32. The van der Waals surface area contributed by atoms with E-state index in [2.05, 4.69) is 20.9 Å². The lowest BCUT2D eigenvalue weighted by atomic mass is 10.00. The molecule has 0 aliphatic carbocycles. The number of aliphatic hydroxyl groups excluding tert-OH is 1. The smallest absolute Gasteiger partial charge is 0.305 e. The number of β-amino-alcohol motifs (C(OH)–C–C–N with tert-alkyl or cyclic N) is 1. The van der Waals surface area contributed by atoms with Gasteiger partial charge in [-0.3, -0.25) is 19.4 Å². The summed E-state index contributed by atoms with van der Waals surface area (Å²) in [5, 5.41) is 28.3. The van der Waals surface area contributed by atoms with Gasteiger partial charge in [0.05, 0.1) is 31.0 Å². The standard InChI is InChI=1S/C25H28ClN5O5/c1-14-5-15(7-17(26)6-14)21(10-23(34)35)30-24(36)16-8-22(33)31(13-16)19-4-2-3-18(9-19)29-25-27-11-20(32)12-28-25/h2-7,9,16,20-21,32H,8,10-13H2,1H3,(H,30,36)(H,34,35)(H2,27,28,29). The SMILES string of the molecule is Cc1cc(Cl)cc(C(CC(=O)O)NC(=O)C2CC(=O)N(c3cccc(NC4=NCC(O)CN4)c3)C2)c1. The van der Waals surface area contributed by atoms with Gasteiger partial charge in [-0.15, -0.1) is 0 Å². The Morgan fingerprint density at radius 3 is 2.78 bits per heavy atom. The second-order valence-electron chi connectivity index (χ2n) is 9.03. The molecule has 2 amide bonds. The van der Waals surface area contributed by atoms with Crippen molar-refractivity contribution in [2.24, 2.45) is 10.9 Å². The van der Waals surface area contributed by atoms with E-state index in [0.717, 1.165) is 5.56 Å². The molecule has 3 unspecified atom stereocenters. The number of nitrogens with zero attached hydrogens (tertiary/aromatic N) is 2. The van der Waals surface area contributed by atoms with Gasteiger partial charge in [0.2, 0.25) is 11.8 Å². The van der Waals surface area contributed by atoms with Crippen LogP contribution in [-0.4, -0.2) is 59.7 Å². The number of carboxylic acids is 1. The Bertz CT molecular complexity index is 1180. The average molecular weight is 514 g/mol. The van der Waals surface area contributed by atoms with Crippen LogP contribution in [0.3, 0.4) is 0 Å². The van der Waals surface area contributed by atoms with E-state index in [1.807, 2.05) is 13.0 Å². The third kappa shape index (κ3) is 6.32. The van der Waals surface area contributed by atoms with Crippen LogP contribution < -0.4 is 20.9 Å². The van der Waals surface area contributed by atoms with Gasteiger partial charge in [0.1, 0.15) is 0 Å². The predicted octanol–water partition coefficient (Wildman–Crippen LogP) is 2.07. The molecular formula is C25H28ClN5O5. The first-order valence-corrected chi connectivity index (χ1v) is 12.0. The van der Waals surface area contributed by atoms with E-state index in [0.29, 0.717) is 41.0 Å². The van der Waals surface area contributed by atoms with Gasteiger partial charge in [-0.2, -0.15) is 0 Å². The monoisotopic (exact) mass is 513 g/mol. The average Bonchev–Trinajstić information content (AvgIpc) is 3.21. The number of nitrogens with one attached hydrogen (secondary N) is 3. The molecule has 2 heterocycles. The molecule has 1 saturated heterocycles. The molecule has 4 rings (SSSR count). The van der Waals surface area contributed by atoms with Crippen molar-refractivity contribution in [2.75, 3.05) is 29.9 Å². The molecular weight excluding hydrogens is 486 g/mol. The van der Waals surface area contributed by atoms with Crippen molar-refractivity contribution in [3.8, 4) is 0 Å². The second kappa shape index (κ2) is 11.0. The number of amides is 2. The van der Waals surface area contributed by atoms with Crippen LogP contribution in [0.5, 0.6) is 0 Å². The topological polar surface area (TPSA) is 143 Å². The van der Waals surface area contributed by atoms with Crippen molar-refractivity contribution < 1.29 is 24.6 Å². The summed E-state index contributed by atoms with van der Waals surface area (Å²) in [6.45, 7) is 2.71. The molecule has 3 atom stereocenters. The number of halogens is 1. The van der Waals surface area contributed by atoms with Gasteiger partial charge in [-0.1, -0.05) is 23.7 Å². The minimum absolute atomic E-state index is 0.0179. The van der Waals surface area contributed by atoms with Gasteiger partial charge >= 0.3 is 5.97 Å². The molecule has 1 fully saturated rings. The maximum absolute atomic E-state index is 13.1. The molecule has 2 aromatic rings. The van der Waals surface area contributed by atoms with Crippen LogP contribution in [0.1, 0.15) is 30.0 Å². The third-order valence-corrected chi connectivity index (χ3v) is 6.26. The molecule has 0 spiro atoms. The highest BCUT2D eigenvalue weighted by Crippen LogP contribution is 2.29. The summed E-state index contributed by atoms with van der Waals surface area (Å²) in [6.07, 6.45) is -0.812. The number of anilines is 2. The number of rotatable bonds is 7. The van der Waals surface area contributed by atoms with Crippen LogP contribution in [0.2, 0.25) is 5.02 Å². The van der Waals surface area contributed by atoms with Crippen LogP contribution in [0, 0.1) is 12.8 Å². The van der Waals surface area contributed by atoms with Crippen LogP contribution >= 0.6 is 11.6 Å². The molecule has 190 valence electrons. The number of guanidine groups is 1. The Kier molecular flexibility index (Phi) is 7.76. The van der Waals surface area contributed by atoms with Gasteiger partial charge in [0.15, 0.2) is 5.96 Å². The minimum Gasteiger partial charge on any atom is -0.481 e.